The number of phenolic OH excluding ortho intramolecular Hbond substituents is 1. The number of aromatic hydroxyl groups is 1. The zero-order chi connectivity index (χ0) is 27.1. The highest BCUT2D eigenvalue weighted by atomic mass is 19.1. The topological polar surface area (TPSA) is 52.6 Å². The molecule has 1 aromatic rings. The van der Waals surface area contributed by atoms with Crippen molar-refractivity contribution in [3.63, 3.8) is 0 Å². The molecule has 1 aliphatic heterocycles. The molecule has 4 nitrogen and oxygen atoms in total. The van der Waals surface area contributed by atoms with Crippen molar-refractivity contribution in [1.29, 1.82) is 0 Å². The summed E-state index contributed by atoms with van der Waals surface area (Å²) < 4.78 is 24.1. The molecule has 1 fully saturated rings. The lowest BCUT2D eigenvalue weighted by atomic mass is 9.88. The Labute approximate surface area is 211 Å². The summed E-state index contributed by atoms with van der Waals surface area (Å²) >= 11 is 0. The number of nitrogens with zero attached hydrogens (tertiary/aromatic N) is 1. The average molecular weight is 493 g/mol. The van der Waals surface area contributed by atoms with Crippen LogP contribution in [0.15, 0.2) is 48.2 Å². The first kappa shape index (κ1) is 32.5. The second-order valence-electron chi connectivity index (χ2n) is 8.39. The average Bonchev–Trinajstić information content (AvgIpc) is 3.72. The van der Waals surface area contributed by atoms with Crippen molar-refractivity contribution in [2.45, 2.75) is 85.1 Å². The number of anilines is 1. The normalized spacial score (nSPS) is 16.4. The monoisotopic (exact) mass is 492 g/mol. The number of rotatable bonds is 8. The number of nitrogens with one attached hydrogen (secondary N) is 1. The van der Waals surface area contributed by atoms with Gasteiger partial charge in [-0.15, -0.1) is 0 Å². The first-order valence-electron chi connectivity index (χ1n) is 12.7. The minimum atomic E-state index is -0.206. The van der Waals surface area contributed by atoms with E-state index in [0.717, 1.165) is 56.3 Å². The SMILES string of the molecule is C=C(CCC)C1=C(N(C)c2cc(F)c(C3CC3)cc2O)CCNC1CC.C=CC(C)=O.CC.CF. The number of ketones is 1. The third-order valence-corrected chi connectivity index (χ3v) is 5.92. The van der Waals surface area contributed by atoms with Crippen molar-refractivity contribution in [2.24, 2.45) is 0 Å². The van der Waals surface area contributed by atoms with Gasteiger partial charge in [0, 0.05) is 37.8 Å². The highest BCUT2D eigenvalue weighted by Gasteiger charge is 2.30. The summed E-state index contributed by atoms with van der Waals surface area (Å²) in [7, 11) is 2.43. The minimum Gasteiger partial charge on any atom is -0.506 e. The van der Waals surface area contributed by atoms with E-state index in [1.165, 1.54) is 24.6 Å². The third-order valence-electron chi connectivity index (χ3n) is 5.92. The minimum absolute atomic E-state index is 0.0185. The molecule has 198 valence electrons. The highest BCUT2D eigenvalue weighted by Crippen LogP contribution is 2.45. The molecular formula is C29H46F2N2O2. The Hall–Kier alpha value is -2.47. The lowest BCUT2D eigenvalue weighted by Crippen LogP contribution is -2.40. The van der Waals surface area contributed by atoms with Crippen molar-refractivity contribution < 1.29 is 18.7 Å². The number of hydrogen-bond donors (Lipinski definition) is 2. The lowest BCUT2D eigenvalue weighted by Gasteiger charge is -2.35. The Bertz CT molecular complexity index is 860. The van der Waals surface area contributed by atoms with E-state index in [-0.39, 0.29) is 29.3 Å². The quantitative estimate of drug-likeness (QED) is 0.367. The molecule has 0 spiro atoms. The van der Waals surface area contributed by atoms with Gasteiger partial charge in [0.05, 0.1) is 12.9 Å². The maximum atomic E-state index is 14.6. The fourth-order valence-corrected chi connectivity index (χ4v) is 4.08. The van der Waals surface area contributed by atoms with Gasteiger partial charge in [0.2, 0.25) is 0 Å². The second-order valence-corrected chi connectivity index (χ2v) is 8.39. The first-order valence-corrected chi connectivity index (χ1v) is 12.7. The number of carbonyl (C=O) groups excluding carboxylic acids is 1. The van der Waals surface area contributed by atoms with Gasteiger partial charge in [0.15, 0.2) is 5.78 Å². The van der Waals surface area contributed by atoms with Crippen LogP contribution in [0.25, 0.3) is 0 Å². The van der Waals surface area contributed by atoms with Crippen molar-refractivity contribution >= 4 is 11.5 Å². The predicted octanol–water partition coefficient (Wildman–Crippen LogP) is 7.60. The molecule has 0 bridgehead atoms. The molecule has 3 rings (SSSR count). The molecule has 0 radical (unpaired) electrons. The lowest BCUT2D eigenvalue weighted by molar-refractivity contribution is -0.112. The van der Waals surface area contributed by atoms with Crippen LogP contribution in [-0.2, 0) is 4.79 Å². The molecule has 1 aromatic carbocycles. The zero-order valence-electron chi connectivity index (χ0n) is 22.8. The Kier molecular flexibility index (Phi) is 15.8. The van der Waals surface area contributed by atoms with Crippen molar-refractivity contribution in [2.75, 3.05) is 25.7 Å². The van der Waals surface area contributed by atoms with Crippen molar-refractivity contribution in [3.8, 4) is 5.75 Å². The highest BCUT2D eigenvalue weighted by molar-refractivity contribution is 5.86. The summed E-state index contributed by atoms with van der Waals surface area (Å²) in [4.78, 5) is 11.7. The summed E-state index contributed by atoms with van der Waals surface area (Å²) in [6, 6.07) is 3.38. The summed E-state index contributed by atoms with van der Waals surface area (Å²) in [5.74, 6) is 0.255. The van der Waals surface area contributed by atoms with E-state index in [1.807, 2.05) is 25.8 Å². The number of hydrogen-bond acceptors (Lipinski definition) is 4. The standard InChI is InChI=1S/C22H31FN2O.C4H6O.C2H6.CH3F/c1-5-7-14(3)22-18(6-2)24-11-10-19(22)25(4)20-13-17(23)16(12-21(20)26)15-8-9-15;1-3-4(2)5;2*1-2/h12-13,15,18,24,26H,3,5-11H2,1-2,4H3;3H,1H2,2H3;1-2H3;1H3. The molecule has 0 aromatic heterocycles. The van der Waals surface area contributed by atoms with Crippen LogP contribution in [0.1, 0.15) is 84.6 Å². The molecule has 0 amide bonds. The molecule has 2 aliphatic rings. The summed E-state index contributed by atoms with van der Waals surface area (Å²) in [6.07, 6.45) is 7.13. The summed E-state index contributed by atoms with van der Waals surface area (Å²) in [6.45, 7) is 18.2. The van der Waals surface area contributed by atoms with E-state index in [4.69, 9.17) is 0 Å². The van der Waals surface area contributed by atoms with Gasteiger partial charge >= 0.3 is 0 Å². The Morgan fingerprint density at radius 3 is 2.29 bits per heavy atom. The zero-order valence-corrected chi connectivity index (χ0v) is 22.8. The fraction of sp³-hybridized carbons (Fsp3) is 0.552. The number of phenols is 1. The molecule has 6 heteroatoms. The Morgan fingerprint density at radius 1 is 1.26 bits per heavy atom. The van der Waals surface area contributed by atoms with Crippen LogP contribution in [0.2, 0.25) is 0 Å². The van der Waals surface area contributed by atoms with E-state index in [1.54, 1.807) is 6.07 Å². The fourth-order valence-electron chi connectivity index (χ4n) is 4.08. The molecular weight excluding hydrogens is 446 g/mol. The van der Waals surface area contributed by atoms with Gasteiger partial charge in [-0.25, -0.2) is 4.39 Å². The molecule has 2 N–H and O–H groups in total. The number of alkyl halides is 1. The molecule has 1 unspecified atom stereocenters. The van der Waals surface area contributed by atoms with Gasteiger partial charge in [-0.05, 0) is 67.4 Å². The predicted molar refractivity (Wildman–Crippen MR) is 145 cm³/mol. The summed E-state index contributed by atoms with van der Waals surface area (Å²) in [5.41, 5.74) is 4.71. The largest absolute Gasteiger partial charge is 0.506 e. The molecule has 35 heavy (non-hydrogen) atoms. The van der Waals surface area contributed by atoms with Crippen LogP contribution in [0.5, 0.6) is 5.75 Å². The van der Waals surface area contributed by atoms with Gasteiger partial charge in [-0.2, -0.15) is 0 Å². The Morgan fingerprint density at radius 2 is 1.83 bits per heavy atom. The van der Waals surface area contributed by atoms with Crippen LogP contribution < -0.4 is 10.2 Å². The van der Waals surface area contributed by atoms with Gasteiger partial charge in [-0.3, -0.25) is 9.18 Å². The van der Waals surface area contributed by atoms with Gasteiger partial charge in [0.25, 0.3) is 0 Å². The van der Waals surface area contributed by atoms with E-state index < -0.39 is 0 Å². The molecule has 0 saturated heterocycles. The van der Waals surface area contributed by atoms with Gasteiger partial charge in [0.1, 0.15) is 11.6 Å². The first-order chi connectivity index (χ1) is 16.7. The third kappa shape index (κ3) is 9.60. The maximum Gasteiger partial charge on any atom is 0.152 e. The smallest absolute Gasteiger partial charge is 0.152 e. The van der Waals surface area contributed by atoms with Crippen LogP contribution in [-0.4, -0.2) is 37.7 Å². The molecule has 1 atom stereocenters. The number of carbonyl (C=O) groups is 1. The van der Waals surface area contributed by atoms with E-state index in [2.05, 4.69) is 32.3 Å². The van der Waals surface area contributed by atoms with Crippen molar-refractivity contribution in [1.82, 2.24) is 5.32 Å². The number of benzene rings is 1. The number of halogens is 2. The van der Waals surface area contributed by atoms with Crippen molar-refractivity contribution in [3.05, 3.63) is 59.6 Å². The number of allylic oxidation sites excluding steroid dienone is 1. The van der Waals surface area contributed by atoms with E-state index >= 15 is 0 Å². The second kappa shape index (κ2) is 17.0. The van der Waals surface area contributed by atoms with E-state index in [9.17, 15) is 18.7 Å². The van der Waals surface area contributed by atoms with Crippen LogP contribution in [0, 0.1) is 5.82 Å². The summed E-state index contributed by atoms with van der Waals surface area (Å²) in [5, 5.41) is 14.1. The van der Waals surface area contributed by atoms with E-state index in [0.29, 0.717) is 18.4 Å². The van der Waals surface area contributed by atoms with Gasteiger partial charge in [-0.1, -0.05) is 47.3 Å². The molecule has 1 heterocycles. The van der Waals surface area contributed by atoms with Crippen LogP contribution >= 0.6 is 0 Å². The Balaban J connectivity index is 0.00000112. The van der Waals surface area contributed by atoms with Crippen LogP contribution in [0.4, 0.5) is 14.5 Å². The molecule has 1 saturated carbocycles. The molecule has 1 aliphatic carbocycles. The van der Waals surface area contributed by atoms with Gasteiger partial charge < -0.3 is 15.3 Å². The maximum absolute atomic E-state index is 14.6. The van der Waals surface area contributed by atoms with Crippen LogP contribution in [0.3, 0.4) is 0 Å².